The molecule has 27 heavy (non-hydrogen) atoms. The lowest BCUT2D eigenvalue weighted by molar-refractivity contribution is -0.0499. The fraction of sp³-hybridized carbons (Fsp3) is 0.133. The van der Waals surface area contributed by atoms with E-state index in [2.05, 4.69) is 14.3 Å². The van der Waals surface area contributed by atoms with E-state index < -0.39 is 32.5 Å². The van der Waals surface area contributed by atoms with E-state index in [1.807, 2.05) is 0 Å². The van der Waals surface area contributed by atoms with Crippen LogP contribution in [0.1, 0.15) is 11.3 Å². The number of benzene rings is 1. The number of nitriles is 1. The summed E-state index contributed by atoms with van der Waals surface area (Å²) in [4.78, 5) is 14.8. The van der Waals surface area contributed by atoms with Crippen molar-refractivity contribution in [2.45, 2.75) is 12.4 Å². The highest BCUT2D eigenvalue weighted by molar-refractivity contribution is 7.88. The van der Waals surface area contributed by atoms with E-state index in [0.717, 1.165) is 6.07 Å². The van der Waals surface area contributed by atoms with E-state index in [0.29, 0.717) is 5.69 Å². The van der Waals surface area contributed by atoms with Gasteiger partial charge >= 0.3 is 15.6 Å². The van der Waals surface area contributed by atoms with Gasteiger partial charge in [-0.2, -0.15) is 26.9 Å². The summed E-state index contributed by atoms with van der Waals surface area (Å²) in [6.45, 7) is 1.49. The third-order valence-corrected chi connectivity index (χ3v) is 4.40. The molecule has 3 rings (SSSR count). The van der Waals surface area contributed by atoms with Crippen molar-refractivity contribution in [3.8, 4) is 23.1 Å². The molecule has 8 nitrogen and oxygen atoms in total. The lowest BCUT2D eigenvalue weighted by Gasteiger charge is -2.14. The Bertz CT molecular complexity index is 1250. The number of rotatable bonds is 3. The van der Waals surface area contributed by atoms with Crippen LogP contribution in [0.5, 0.6) is 5.75 Å². The zero-order valence-corrected chi connectivity index (χ0v) is 14.1. The average molecular weight is 399 g/mol. The second kappa shape index (κ2) is 6.13. The van der Waals surface area contributed by atoms with Crippen LogP contribution in [0.3, 0.4) is 0 Å². The van der Waals surface area contributed by atoms with Gasteiger partial charge in [-0.05, 0) is 25.1 Å². The Kier molecular flexibility index (Phi) is 4.19. The van der Waals surface area contributed by atoms with E-state index in [1.54, 1.807) is 6.07 Å². The van der Waals surface area contributed by atoms with Gasteiger partial charge in [-0.25, -0.2) is 0 Å². The molecular weight excluding hydrogens is 391 g/mol. The predicted octanol–water partition coefficient (Wildman–Crippen LogP) is 2.59. The number of aryl methyl sites for hydroxylation is 1. The number of aromatic amines is 1. The number of nitrogens with one attached hydrogen (secondary N) is 1. The van der Waals surface area contributed by atoms with Crippen LogP contribution in [-0.2, 0) is 10.1 Å². The van der Waals surface area contributed by atoms with Crippen molar-refractivity contribution in [1.29, 1.82) is 5.26 Å². The smallest absolute Gasteiger partial charge is 0.374 e. The van der Waals surface area contributed by atoms with E-state index in [1.165, 1.54) is 25.1 Å². The zero-order chi connectivity index (χ0) is 20.0. The van der Waals surface area contributed by atoms with Crippen molar-refractivity contribution >= 4 is 21.0 Å². The van der Waals surface area contributed by atoms with Crippen molar-refractivity contribution < 1.29 is 30.3 Å². The van der Waals surface area contributed by atoms with Gasteiger partial charge in [0, 0.05) is 11.5 Å². The Morgan fingerprint density at radius 1 is 1.30 bits per heavy atom. The maximum atomic E-state index is 12.8. The van der Waals surface area contributed by atoms with Crippen LogP contribution in [0, 0.1) is 18.3 Å². The number of halogens is 3. The zero-order valence-electron chi connectivity index (χ0n) is 13.3. The summed E-state index contributed by atoms with van der Waals surface area (Å²) in [5.41, 5.74) is -7.04. The summed E-state index contributed by atoms with van der Waals surface area (Å²) >= 11 is 0. The van der Waals surface area contributed by atoms with Crippen molar-refractivity contribution in [3.63, 3.8) is 0 Å². The van der Waals surface area contributed by atoms with Gasteiger partial charge in [0.25, 0.3) is 5.56 Å². The number of fused-ring (bicyclic) bond motifs is 1. The molecule has 12 heteroatoms. The first-order valence-electron chi connectivity index (χ1n) is 7.08. The van der Waals surface area contributed by atoms with Crippen LogP contribution in [0.15, 0.2) is 33.6 Å². The van der Waals surface area contributed by atoms with Crippen LogP contribution in [0.4, 0.5) is 13.2 Å². The number of alkyl halides is 3. The van der Waals surface area contributed by atoms with Gasteiger partial charge in [-0.3, -0.25) is 4.79 Å². The van der Waals surface area contributed by atoms with Crippen LogP contribution < -0.4 is 9.74 Å². The highest BCUT2D eigenvalue weighted by atomic mass is 32.2. The van der Waals surface area contributed by atoms with Gasteiger partial charge in [0.2, 0.25) is 0 Å². The standard InChI is InChI=1S/C15H8F3N3O5S/c1-7-4-11(25-21-7)12-13(26-27(23,24)15(16,17)18)9-5-8(6-19)2-3-10(9)20-14(12)22/h2-5H,1H3,(H,20,22). The molecule has 3 aromatic rings. The molecule has 0 aliphatic heterocycles. The van der Waals surface area contributed by atoms with Gasteiger partial charge in [-0.1, -0.05) is 5.16 Å². The highest BCUT2D eigenvalue weighted by Gasteiger charge is 2.49. The first-order chi connectivity index (χ1) is 12.5. The number of H-pyrrole nitrogens is 1. The van der Waals surface area contributed by atoms with Crippen molar-refractivity contribution in [1.82, 2.24) is 10.1 Å². The van der Waals surface area contributed by atoms with Gasteiger partial charge in [0.1, 0.15) is 5.56 Å². The molecule has 0 saturated carbocycles. The van der Waals surface area contributed by atoms with Gasteiger partial charge in [-0.15, -0.1) is 0 Å². The average Bonchev–Trinajstić information content (AvgIpc) is 2.99. The number of hydrogen-bond acceptors (Lipinski definition) is 7. The Morgan fingerprint density at radius 3 is 2.56 bits per heavy atom. The Morgan fingerprint density at radius 2 is 2.00 bits per heavy atom. The van der Waals surface area contributed by atoms with Crippen LogP contribution in [-0.4, -0.2) is 24.1 Å². The molecule has 0 aliphatic rings. The molecule has 0 radical (unpaired) electrons. The van der Waals surface area contributed by atoms with Crippen molar-refractivity contribution in [2.75, 3.05) is 0 Å². The maximum Gasteiger partial charge on any atom is 0.534 e. The SMILES string of the molecule is Cc1cc(-c2c(OS(=O)(=O)C(F)(F)F)c3cc(C#N)ccc3[nH]c2=O)on1. The Balaban J connectivity index is 2.42. The molecule has 0 amide bonds. The van der Waals surface area contributed by atoms with Crippen molar-refractivity contribution in [3.05, 3.63) is 45.9 Å². The molecule has 0 aliphatic carbocycles. The lowest BCUT2D eigenvalue weighted by Crippen LogP contribution is -2.29. The fourth-order valence-electron chi connectivity index (χ4n) is 2.28. The van der Waals surface area contributed by atoms with E-state index >= 15 is 0 Å². The molecule has 0 spiro atoms. The first kappa shape index (κ1) is 18.5. The molecule has 0 atom stereocenters. The monoisotopic (exact) mass is 399 g/mol. The van der Waals surface area contributed by atoms with Crippen LogP contribution in [0.25, 0.3) is 22.2 Å². The molecule has 1 aromatic carbocycles. The maximum absolute atomic E-state index is 12.8. The largest absolute Gasteiger partial charge is 0.534 e. The minimum Gasteiger partial charge on any atom is -0.374 e. The Hall–Kier alpha value is -3.33. The second-order valence-electron chi connectivity index (χ2n) is 5.35. The summed E-state index contributed by atoms with van der Waals surface area (Å²) < 4.78 is 70.7. The van der Waals surface area contributed by atoms with Crippen molar-refractivity contribution in [2.24, 2.45) is 0 Å². The number of hydrogen-bond donors (Lipinski definition) is 1. The molecule has 2 heterocycles. The van der Waals surface area contributed by atoms with Gasteiger partial charge in [0.15, 0.2) is 11.5 Å². The minimum absolute atomic E-state index is 0.00325. The van der Waals surface area contributed by atoms with Gasteiger partial charge in [0.05, 0.1) is 22.8 Å². The summed E-state index contributed by atoms with van der Waals surface area (Å²) in [5, 5.41) is 12.3. The quantitative estimate of drug-likeness (QED) is 0.530. The van der Waals surface area contributed by atoms with Crippen LogP contribution >= 0.6 is 0 Å². The third kappa shape index (κ3) is 3.24. The molecule has 2 aromatic heterocycles. The normalized spacial score (nSPS) is 12.1. The second-order valence-corrected chi connectivity index (χ2v) is 6.88. The third-order valence-electron chi connectivity index (χ3n) is 3.45. The first-order valence-corrected chi connectivity index (χ1v) is 8.49. The van der Waals surface area contributed by atoms with E-state index in [9.17, 15) is 26.4 Å². The summed E-state index contributed by atoms with van der Waals surface area (Å²) in [5.74, 6) is -1.22. The minimum atomic E-state index is -6.10. The predicted molar refractivity (Wildman–Crippen MR) is 85.1 cm³/mol. The Labute approximate surface area is 148 Å². The summed E-state index contributed by atoms with van der Waals surface area (Å²) in [6, 6.07) is 6.59. The van der Waals surface area contributed by atoms with E-state index in [-0.39, 0.29) is 22.2 Å². The lowest BCUT2D eigenvalue weighted by atomic mass is 10.1. The molecule has 0 saturated heterocycles. The molecular formula is C15H8F3N3O5S. The fourth-order valence-corrected chi connectivity index (χ4v) is 2.77. The summed E-state index contributed by atoms with van der Waals surface area (Å²) in [6.07, 6.45) is 0. The molecule has 140 valence electrons. The molecule has 0 unspecified atom stereocenters. The number of pyridine rings is 1. The van der Waals surface area contributed by atoms with Gasteiger partial charge < -0.3 is 13.7 Å². The van der Waals surface area contributed by atoms with Crippen LogP contribution in [0.2, 0.25) is 0 Å². The highest BCUT2D eigenvalue weighted by Crippen LogP contribution is 2.37. The summed E-state index contributed by atoms with van der Waals surface area (Å²) in [7, 11) is -6.10. The van der Waals surface area contributed by atoms with E-state index in [4.69, 9.17) is 9.78 Å². The molecule has 0 bridgehead atoms. The number of nitrogens with zero attached hydrogens (tertiary/aromatic N) is 2. The topological polar surface area (TPSA) is 126 Å². The molecule has 1 N–H and O–H groups in total. The molecule has 0 fully saturated rings. The number of aromatic nitrogens is 2.